The molecule has 0 aliphatic heterocycles. The van der Waals surface area contributed by atoms with Crippen molar-refractivity contribution in [1.29, 1.82) is 0 Å². The van der Waals surface area contributed by atoms with E-state index < -0.39 is 5.60 Å². The number of ether oxygens (including phenoxy) is 1. The summed E-state index contributed by atoms with van der Waals surface area (Å²) in [6.45, 7) is 11.6. The first-order chi connectivity index (χ1) is 17.5. The van der Waals surface area contributed by atoms with Crippen LogP contribution in [0.25, 0.3) is 0 Å². The Balaban J connectivity index is 1.24. The first kappa shape index (κ1) is 27.0. The smallest absolute Gasteiger partial charge is 0.338 e. The third kappa shape index (κ3) is 5.19. The van der Waals surface area contributed by atoms with Gasteiger partial charge in [0.2, 0.25) is 0 Å². The number of benzene rings is 1. The van der Waals surface area contributed by atoms with Crippen molar-refractivity contribution in [2.24, 2.45) is 40.4 Å². The van der Waals surface area contributed by atoms with Crippen LogP contribution in [-0.4, -0.2) is 22.8 Å². The molecule has 3 nitrogen and oxygen atoms in total. The predicted octanol–water partition coefficient (Wildman–Crippen LogP) is 8.37. The van der Waals surface area contributed by atoms with E-state index >= 15 is 0 Å². The average molecular weight is 507 g/mol. The topological polar surface area (TPSA) is 46.5 Å². The minimum absolute atomic E-state index is 0.0121. The van der Waals surface area contributed by atoms with E-state index in [-0.39, 0.29) is 17.5 Å². The first-order valence-electron chi connectivity index (χ1n) is 15.2. The highest BCUT2D eigenvalue weighted by atomic mass is 16.5. The van der Waals surface area contributed by atoms with Gasteiger partial charge in [-0.05, 0) is 118 Å². The van der Waals surface area contributed by atoms with Gasteiger partial charge in [0.1, 0.15) is 6.10 Å². The highest BCUT2D eigenvalue weighted by molar-refractivity contribution is 5.89. The molecule has 1 aromatic carbocycles. The molecule has 0 heterocycles. The van der Waals surface area contributed by atoms with Crippen LogP contribution >= 0.6 is 0 Å². The van der Waals surface area contributed by atoms with Gasteiger partial charge in [0.25, 0.3) is 0 Å². The second-order valence-electron chi connectivity index (χ2n) is 14.3. The number of fused-ring (bicyclic) bond motifs is 5. The second kappa shape index (κ2) is 10.2. The van der Waals surface area contributed by atoms with Gasteiger partial charge in [0, 0.05) is 6.42 Å². The van der Waals surface area contributed by atoms with Crippen molar-refractivity contribution in [1.82, 2.24) is 0 Å². The number of allylic oxidation sites excluding steroid dienone is 1. The van der Waals surface area contributed by atoms with Crippen LogP contribution in [0.5, 0.6) is 0 Å². The fourth-order valence-corrected chi connectivity index (χ4v) is 9.55. The summed E-state index contributed by atoms with van der Waals surface area (Å²) in [7, 11) is 0. The monoisotopic (exact) mass is 506 g/mol. The average Bonchev–Trinajstić information content (AvgIpc) is 3.21. The van der Waals surface area contributed by atoms with E-state index in [1.54, 1.807) is 5.57 Å². The number of carbonyl (C=O) groups excluding carboxylic acids is 1. The Morgan fingerprint density at radius 3 is 2.57 bits per heavy atom. The van der Waals surface area contributed by atoms with Crippen molar-refractivity contribution in [3.05, 3.63) is 47.5 Å². The highest BCUT2D eigenvalue weighted by Crippen LogP contribution is 2.67. The minimum atomic E-state index is -0.541. The lowest BCUT2D eigenvalue weighted by Crippen LogP contribution is -2.51. The van der Waals surface area contributed by atoms with Gasteiger partial charge in [-0.3, -0.25) is 0 Å². The number of carbonyl (C=O) groups is 1. The number of hydrogen-bond donors (Lipinski definition) is 1. The SMILES string of the molecule is C[C@H](CCCC(C)(C)O)[C@H]1CC[C@H]2[C@@H]3CC=C4C[C@@H](OC(=O)c5ccccc5)CC[C@]4(C)[C@H]3CC[C@]12C. The van der Waals surface area contributed by atoms with Crippen LogP contribution in [0.4, 0.5) is 0 Å². The standard InChI is InChI=1S/C34H50O3/c1-23(10-9-19-32(2,3)36)28-15-16-29-27-14-13-25-22-26(37-31(35)24-11-7-6-8-12-24)17-20-33(25,4)30(27)18-21-34(28,29)5/h6-8,11-13,23,26-30,36H,9-10,14-22H2,1-5H3/t23-,26+,27+,28-,29+,30+,33+,34-/m1/s1. The van der Waals surface area contributed by atoms with E-state index in [9.17, 15) is 9.90 Å². The fraction of sp³-hybridized carbons (Fsp3) is 0.735. The van der Waals surface area contributed by atoms with Crippen LogP contribution in [0.3, 0.4) is 0 Å². The minimum Gasteiger partial charge on any atom is -0.458 e. The molecular formula is C34H50O3. The number of aliphatic hydroxyl groups is 1. The Kier molecular flexibility index (Phi) is 7.42. The molecule has 0 amide bonds. The molecule has 8 atom stereocenters. The molecule has 4 aliphatic rings. The third-order valence-electron chi connectivity index (χ3n) is 11.6. The Hall–Kier alpha value is -1.61. The Morgan fingerprint density at radius 2 is 1.84 bits per heavy atom. The number of esters is 1. The van der Waals surface area contributed by atoms with Crippen LogP contribution in [0.2, 0.25) is 0 Å². The molecule has 37 heavy (non-hydrogen) atoms. The van der Waals surface area contributed by atoms with E-state index in [0.29, 0.717) is 11.0 Å². The van der Waals surface area contributed by atoms with Crippen molar-refractivity contribution >= 4 is 5.97 Å². The summed E-state index contributed by atoms with van der Waals surface area (Å²) in [4.78, 5) is 12.7. The second-order valence-corrected chi connectivity index (χ2v) is 14.3. The quantitative estimate of drug-likeness (QED) is 0.298. The maximum atomic E-state index is 12.7. The molecule has 5 rings (SSSR count). The molecule has 204 valence electrons. The highest BCUT2D eigenvalue weighted by Gasteiger charge is 2.59. The molecule has 0 spiro atoms. The first-order valence-corrected chi connectivity index (χ1v) is 15.2. The van der Waals surface area contributed by atoms with Crippen LogP contribution in [0.1, 0.15) is 116 Å². The molecule has 0 radical (unpaired) electrons. The summed E-state index contributed by atoms with van der Waals surface area (Å²) in [5.74, 6) is 3.83. The lowest BCUT2D eigenvalue weighted by molar-refractivity contribution is -0.0597. The maximum absolute atomic E-state index is 12.7. The van der Waals surface area contributed by atoms with Gasteiger partial charge in [-0.15, -0.1) is 0 Å². The summed E-state index contributed by atoms with van der Waals surface area (Å²) in [5.41, 5.74) is 2.44. The summed E-state index contributed by atoms with van der Waals surface area (Å²) in [6, 6.07) is 9.44. The Morgan fingerprint density at radius 1 is 1.08 bits per heavy atom. The van der Waals surface area contributed by atoms with Gasteiger partial charge in [-0.25, -0.2) is 4.79 Å². The van der Waals surface area contributed by atoms with Gasteiger partial charge in [-0.1, -0.05) is 63.5 Å². The molecule has 0 saturated heterocycles. The van der Waals surface area contributed by atoms with Crippen molar-refractivity contribution in [3.8, 4) is 0 Å². The van der Waals surface area contributed by atoms with Crippen LogP contribution < -0.4 is 0 Å². The van der Waals surface area contributed by atoms with E-state index in [0.717, 1.165) is 61.7 Å². The zero-order valence-corrected chi connectivity index (χ0v) is 24.0. The van der Waals surface area contributed by atoms with Crippen molar-refractivity contribution in [2.75, 3.05) is 0 Å². The predicted molar refractivity (Wildman–Crippen MR) is 150 cm³/mol. The lowest BCUT2D eigenvalue weighted by Gasteiger charge is -2.58. The van der Waals surface area contributed by atoms with Gasteiger partial charge < -0.3 is 9.84 Å². The van der Waals surface area contributed by atoms with Gasteiger partial charge in [0.05, 0.1) is 11.2 Å². The molecule has 3 saturated carbocycles. The summed E-state index contributed by atoms with van der Waals surface area (Å²) in [6.07, 6.45) is 15.6. The van der Waals surface area contributed by atoms with Gasteiger partial charge in [0.15, 0.2) is 0 Å². The summed E-state index contributed by atoms with van der Waals surface area (Å²) < 4.78 is 5.99. The molecule has 4 aliphatic carbocycles. The van der Waals surface area contributed by atoms with Crippen LogP contribution in [0, 0.1) is 40.4 Å². The third-order valence-corrected chi connectivity index (χ3v) is 11.6. The molecule has 1 N–H and O–H groups in total. The van der Waals surface area contributed by atoms with E-state index in [2.05, 4.69) is 26.8 Å². The van der Waals surface area contributed by atoms with Crippen molar-refractivity contribution in [3.63, 3.8) is 0 Å². The van der Waals surface area contributed by atoms with E-state index in [1.165, 1.54) is 38.5 Å². The summed E-state index contributed by atoms with van der Waals surface area (Å²) >= 11 is 0. The molecule has 0 aromatic heterocycles. The van der Waals surface area contributed by atoms with Gasteiger partial charge >= 0.3 is 5.97 Å². The van der Waals surface area contributed by atoms with E-state index in [4.69, 9.17) is 4.74 Å². The summed E-state index contributed by atoms with van der Waals surface area (Å²) in [5, 5.41) is 10.2. The van der Waals surface area contributed by atoms with Crippen LogP contribution in [0.15, 0.2) is 42.0 Å². The van der Waals surface area contributed by atoms with E-state index in [1.807, 2.05) is 44.2 Å². The Labute approximate surface area is 225 Å². The lowest BCUT2D eigenvalue weighted by atomic mass is 9.47. The normalized spacial score (nSPS) is 38.1. The molecule has 1 aromatic rings. The zero-order valence-electron chi connectivity index (χ0n) is 24.0. The molecule has 0 bridgehead atoms. The maximum Gasteiger partial charge on any atom is 0.338 e. The van der Waals surface area contributed by atoms with Crippen LogP contribution in [-0.2, 0) is 4.74 Å². The van der Waals surface area contributed by atoms with Crippen molar-refractivity contribution < 1.29 is 14.6 Å². The largest absolute Gasteiger partial charge is 0.458 e. The molecule has 0 unspecified atom stereocenters. The fourth-order valence-electron chi connectivity index (χ4n) is 9.55. The molecular weight excluding hydrogens is 456 g/mol. The molecule has 3 fully saturated rings. The Bertz CT molecular complexity index is 990. The van der Waals surface area contributed by atoms with Gasteiger partial charge in [-0.2, -0.15) is 0 Å². The zero-order chi connectivity index (χ0) is 26.4. The number of rotatable bonds is 7. The number of hydrogen-bond acceptors (Lipinski definition) is 3. The molecule has 3 heteroatoms. The van der Waals surface area contributed by atoms with Crippen molar-refractivity contribution in [2.45, 2.75) is 117 Å².